The van der Waals surface area contributed by atoms with Crippen molar-refractivity contribution in [2.45, 2.75) is 13.0 Å². The van der Waals surface area contributed by atoms with Gasteiger partial charge in [-0.05, 0) is 6.92 Å². The molecule has 4 heteroatoms. The zero-order valence-corrected chi connectivity index (χ0v) is 7.54. The molecule has 0 radical (unpaired) electrons. The van der Waals surface area contributed by atoms with Crippen molar-refractivity contribution in [2.75, 3.05) is 5.32 Å². The van der Waals surface area contributed by atoms with Crippen LogP contribution in [0.1, 0.15) is 6.92 Å². The summed E-state index contributed by atoms with van der Waals surface area (Å²) in [5, 5.41) is 6.02. The van der Waals surface area contributed by atoms with Crippen LogP contribution in [0.15, 0.2) is 5.38 Å². The summed E-state index contributed by atoms with van der Waals surface area (Å²) in [6.07, 6.45) is 5.16. The second-order valence-corrected chi connectivity index (χ2v) is 3.25. The molecule has 0 saturated carbocycles. The molecule has 0 fully saturated rings. The van der Waals surface area contributed by atoms with Gasteiger partial charge >= 0.3 is 0 Å². The highest BCUT2D eigenvalue weighted by Crippen LogP contribution is 2.19. The molecule has 0 saturated heterocycles. The van der Waals surface area contributed by atoms with Gasteiger partial charge in [-0.15, -0.1) is 17.8 Å². The van der Waals surface area contributed by atoms with E-state index >= 15 is 0 Å². The van der Waals surface area contributed by atoms with E-state index in [1.165, 1.54) is 11.3 Å². The van der Waals surface area contributed by atoms with Gasteiger partial charge in [-0.25, -0.2) is 4.98 Å². The summed E-state index contributed by atoms with van der Waals surface area (Å²) in [7, 11) is 0. The molecule has 0 amide bonds. The molecule has 1 heterocycles. The van der Waals surface area contributed by atoms with Crippen LogP contribution in [0, 0.1) is 12.3 Å². The van der Waals surface area contributed by atoms with E-state index in [4.69, 9.17) is 18.0 Å². The van der Waals surface area contributed by atoms with Crippen LogP contribution in [0.4, 0.5) is 5.13 Å². The third-order valence-corrected chi connectivity index (χ3v) is 2.16. The lowest BCUT2D eigenvalue weighted by Gasteiger charge is -2.03. The van der Waals surface area contributed by atoms with E-state index in [0.29, 0.717) is 5.15 Å². The van der Waals surface area contributed by atoms with Crippen LogP contribution in [-0.4, -0.2) is 11.0 Å². The highest BCUT2D eigenvalue weighted by atomic mass is 35.5. The van der Waals surface area contributed by atoms with Crippen LogP contribution in [0.5, 0.6) is 0 Å². The lowest BCUT2D eigenvalue weighted by atomic mass is 10.4. The highest BCUT2D eigenvalue weighted by molar-refractivity contribution is 7.14. The topological polar surface area (TPSA) is 24.9 Å². The van der Waals surface area contributed by atoms with Gasteiger partial charge in [-0.3, -0.25) is 0 Å². The maximum absolute atomic E-state index is 5.59. The van der Waals surface area contributed by atoms with Gasteiger partial charge in [-0.1, -0.05) is 17.5 Å². The monoisotopic (exact) mass is 186 g/mol. The number of rotatable bonds is 2. The number of hydrogen-bond acceptors (Lipinski definition) is 3. The van der Waals surface area contributed by atoms with Gasteiger partial charge in [0.1, 0.15) is 5.15 Å². The van der Waals surface area contributed by atoms with Crippen molar-refractivity contribution in [2.24, 2.45) is 0 Å². The maximum atomic E-state index is 5.59. The highest BCUT2D eigenvalue weighted by Gasteiger charge is 2.00. The van der Waals surface area contributed by atoms with E-state index in [2.05, 4.69) is 16.2 Å². The van der Waals surface area contributed by atoms with Crippen LogP contribution >= 0.6 is 22.9 Å². The number of hydrogen-bond donors (Lipinski definition) is 1. The molecule has 11 heavy (non-hydrogen) atoms. The smallest absolute Gasteiger partial charge is 0.185 e. The largest absolute Gasteiger partial charge is 0.348 e. The molecule has 1 aromatic rings. The predicted octanol–water partition coefficient (Wildman–Crippen LogP) is 2.23. The van der Waals surface area contributed by atoms with Crippen LogP contribution < -0.4 is 5.32 Å². The minimum Gasteiger partial charge on any atom is -0.348 e. The van der Waals surface area contributed by atoms with Crippen molar-refractivity contribution in [3.63, 3.8) is 0 Å². The minimum absolute atomic E-state index is 0.00258. The Bertz CT molecular complexity index is 276. The third kappa shape index (κ3) is 2.41. The van der Waals surface area contributed by atoms with E-state index in [0.717, 1.165) is 5.13 Å². The summed E-state index contributed by atoms with van der Waals surface area (Å²) in [6, 6.07) is -0.00258. The number of aromatic nitrogens is 1. The average molecular weight is 187 g/mol. The Labute approximate surface area is 74.6 Å². The Balaban J connectivity index is 2.59. The van der Waals surface area contributed by atoms with E-state index < -0.39 is 0 Å². The van der Waals surface area contributed by atoms with E-state index in [-0.39, 0.29) is 6.04 Å². The fraction of sp³-hybridized carbons (Fsp3) is 0.286. The molecule has 1 aromatic heterocycles. The van der Waals surface area contributed by atoms with Crippen LogP contribution in [0.25, 0.3) is 0 Å². The molecule has 2 nitrogen and oxygen atoms in total. The van der Waals surface area contributed by atoms with Gasteiger partial charge in [0.2, 0.25) is 0 Å². The fourth-order valence-electron chi connectivity index (χ4n) is 0.547. The molecule has 0 bridgehead atoms. The number of terminal acetylenes is 1. The number of anilines is 1. The fourth-order valence-corrected chi connectivity index (χ4v) is 1.47. The summed E-state index contributed by atoms with van der Waals surface area (Å²) >= 11 is 7.04. The second kappa shape index (κ2) is 3.61. The van der Waals surface area contributed by atoms with Crippen molar-refractivity contribution < 1.29 is 0 Å². The van der Waals surface area contributed by atoms with Crippen molar-refractivity contribution in [1.29, 1.82) is 0 Å². The molecule has 0 aliphatic heterocycles. The molecular weight excluding hydrogens is 180 g/mol. The third-order valence-electron chi connectivity index (χ3n) is 1.07. The van der Waals surface area contributed by atoms with E-state index in [9.17, 15) is 0 Å². The van der Waals surface area contributed by atoms with Crippen molar-refractivity contribution in [3.05, 3.63) is 10.5 Å². The Morgan fingerprint density at radius 2 is 2.64 bits per heavy atom. The normalized spacial score (nSPS) is 12.1. The first-order valence-corrected chi connectivity index (χ1v) is 4.32. The summed E-state index contributed by atoms with van der Waals surface area (Å²) in [5.74, 6) is 2.54. The van der Waals surface area contributed by atoms with Gasteiger partial charge < -0.3 is 5.32 Å². The molecule has 1 rings (SSSR count). The number of halogens is 1. The maximum Gasteiger partial charge on any atom is 0.185 e. The quantitative estimate of drug-likeness (QED) is 0.717. The molecule has 0 aliphatic carbocycles. The zero-order chi connectivity index (χ0) is 8.27. The first-order chi connectivity index (χ1) is 5.22. The lowest BCUT2D eigenvalue weighted by Crippen LogP contribution is -2.11. The van der Waals surface area contributed by atoms with Gasteiger partial charge in [0.05, 0.1) is 6.04 Å². The Hall–Kier alpha value is -0.720. The first-order valence-electron chi connectivity index (χ1n) is 3.06. The van der Waals surface area contributed by atoms with Crippen molar-refractivity contribution in [3.8, 4) is 12.3 Å². The number of thiazole rings is 1. The standard InChI is InChI=1S/C7H7ClN2S/c1-3-5(2)9-7-10-6(8)4-11-7/h1,4-5H,2H3,(H,9,10). The lowest BCUT2D eigenvalue weighted by molar-refractivity contribution is 1.03. The van der Waals surface area contributed by atoms with Gasteiger partial charge in [0, 0.05) is 5.38 Å². The molecule has 58 valence electrons. The molecule has 1 atom stereocenters. The van der Waals surface area contributed by atoms with Gasteiger partial charge in [0.25, 0.3) is 0 Å². The SMILES string of the molecule is C#CC(C)Nc1nc(Cl)cs1. The Kier molecular flexibility index (Phi) is 2.75. The summed E-state index contributed by atoms with van der Waals surface area (Å²) in [6.45, 7) is 1.88. The van der Waals surface area contributed by atoms with E-state index in [1.807, 2.05) is 6.92 Å². The molecule has 0 spiro atoms. The number of nitrogens with one attached hydrogen (secondary N) is 1. The number of nitrogens with zero attached hydrogens (tertiary/aromatic N) is 1. The summed E-state index contributed by atoms with van der Waals surface area (Å²) in [5.41, 5.74) is 0. The predicted molar refractivity (Wildman–Crippen MR) is 49.0 cm³/mol. The van der Waals surface area contributed by atoms with Crippen molar-refractivity contribution >= 4 is 28.1 Å². The zero-order valence-electron chi connectivity index (χ0n) is 5.97. The molecule has 0 aliphatic rings. The van der Waals surface area contributed by atoms with Crippen molar-refractivity contribution in [1.82, 2.24) is 4.98 Å². The first kappa shape index (κ1) is 8.38. The summed E-state index contributed by atoms with van der Waals surface area (Å²) in [4.78, 5) is 3.98. The minimum atomic E-state index is -0.00258. The van der Waals surface area contributed by atoms with E-state index in [1.54, 1.807) is 5.38 Å². The second-order valence-electron chi connectivity index (χ2n) is 2.01. The Morgan fingerprint density at radius 3 is 3.09 bits per heavy atom. The van der Waals surface area contributed by atoms with Gasteiger partial charge in [-0.2, -0.15) is 0 Å². The molecular formula is C7H7ClN2S. The van der Waals surface area contributed by atoms with Gasteiger partial charge in [0.15, 0.2) is 5.13 Å². The molecule has 1 N–H and O–H groups in total. The Morgan fingerprint density at radius 1 is 1.91 bits per heavy atom. The van der Waals surface area contributed by atoms with Crippen LogP contribution in [0.2, 0.25) is 5.15 Å². The summed E-state index contributed by atoms with van der Waals surface area (Å²) < 4.78 is 0. The average Bonchev–Trinajstić information content (AvgIpc) is 2.35. The van der Waals surface area contributed by atoms with Crippen LogP contribution in [0.3, 0.4) is 0 Å². The molecule has 1 unspecified atom stereocenters. The molecule has 0 aromatic carbocycles. The van der Waals surface area contributed by atoms with Crippen LogP contribution in [-0.2, 0) is 0 Å².